The van der Waals surface area contributed by atoms with Gasteiger partial charge in [0.15, 0.2) is 0 Å². The molecule has 0 aliphatic heterocycles. The topological polar surface area (TPSA) is 83.5 Å². The molecule has 6 heteroatoms. The summed E-state index contributed by atoms with van der Waals surface area (Å²) in [6, 6.07) is 6.59. The Kier molecular flexibility index (Phi) is 5.50. The zero-order chi connectivity index (χ0) is 14.5. The van der Waals surface area contributed by atoms with E-state index >= 15 is 0 Å². The molecule has 0 amide bonds. The van der Waals surface area contributed by atoms with Gasteiger partial charge in [0.2, 0.25) is 10.0 Å². The van der Waals surface area contributed by atoms with E-state index in [2.05, 4.69) is 4.72 Å². The summed E-state index contributed by atoms with van der Waals surface area (Å²) in [5.41, 5.74) is 0.994. The lowest BCUT2D eigenvalue weighted by Crippen LogP contribution is -2.28. The molecule has 106 valence electrons. The van der Waals surface area contributed by atoms with E-state index in [4.69, 9.17) is 5.11 Å². The van der Waals surface area contributed by atoms with Crippen LogP contribution in [-0.4, -0.2) is 26.0 Å². The summed E-state index contributed by atoms with van der Waals surface area (Å²) in [6.07, 6.45) is 0.499. The Labute approximate surface area is 113 Å². The number of carbonyl (C=O) groups is 1. The first-order chi connectivity index (χ1) is 8.81. The molecule has 1 rings (SSSR count). The number of carboxylic acids is 1. The maximum atomic E-state index is 12.0. The van der Waals surface area contributed by atoms with Crippen LogP contribution in [0.3, 0.4) is 0 Å². The van der Waals surface area contributed by atoms with E-state index < -0.39 is 16.0 Å². The molecular weight excluding hydrogens is 266 g/mol. The normalized spacial score (nSPS) is 13.2. The van der Waals surface area contributed by atoms with E-state index in [-0.39, 0.29) is 23.8 Å². The maximum Gasteiger partial charge on any atom is 0.303 e. The van der Waals surface area contributed by atoms with Gasteiger partial charge in [0.1, 0.15) is 0 Å². The van der Waals surface area contributed by atoms with Crippen molar-refractivity contribution in [2.24, 2.45) is 5.92 Å². The Balaban J connectivity index is 2.56. The Hall–Kier alpha value is -1.40. The van der Waals surface area contributed by atoms with Crippen LogP contribution in [0.1, 0.15) is 25.3 Å². The second-order valence-electron chi connectivity index (χ2n) is 4.70. The molecule has 2 N–H and O–H groups in total. The van der Waals surface area contributed by atoms with Crippen LogP contribution in [0, 0.1) is 12.8 Å². The van der Waals surface area contributed by atoms with Crippen LogP contribution in [0.4, 0.5) is 0 Å². The van der Waals surface area contributed by atoms with E-state index in [0.717, 1.165) is 5.56 Å². The molecule has 0 heterocycles. The second kappa shape index (κ2) is 6.68. The van der Waals surface area contributed by atoms with Gasteiger partial charge in [-0.05, 0) is 31.4 Å². The molecule has 0 spiro atoms. The molecule has 1 unspecified atom stereocenters. The summed E-state index contributed by atoms with van der Waals surface area (Å²) in [4.78, 5) is 10.6. The number of rotatable bonds is 7. The fourth-order valence-corrected chi connectivity index (χ4v) is 2.69. The molecule has 0 radical (unpaired) electrons. The molecule has 0 fully saturated rings. The van der Waals surface area contributed by atoms with Crippen molar-refractivity contribution in [3.63, 3.8) is 0 Å². The van der Waals surface area contributed by atoms with E-state index in [0.29, 0.717) is 6.42 Å². The minimum Gasteiger partial charge on any atom is -0.481 e. The van der Waals surface area contributed by atoms with Gasteiger partial charge in [0.05, 0.1) is 4.90 Å². The van der Waals surface area contributed by atoms with Gasteiger partial charge >= 0.3 is 5.97 Å². The third-order valence-corrected chi connectivity index (χ3v) is 4.24. The van der Waals surface area contributed by atoms with E-state index in [1.807, 2.05) is 13.8 Å². The summed E-state index contributed by atoms with van der Waals surface area (Å²) < 4.78 is 26.4. The monoisotopic (exact) mass is 285 g/mol. The summed E-state index contributed by atoms with van der Waals surface area (Å²) in [5.74, 6) is -0.885. The van der Waals surface area contributed by atoms with Crippen molar-refractivity contribution in [3.05, 3.63) is 29.8 Å². The number of hydrogen-bond donors (Lipinski definition) is 2. The molecule has 0 aliphatic carbocycles. The SMILES string of the molecule is Cc1ccc(S(=O)(=O)NCC(C)CCC(=O)O)cc1. The van der Waals surface area contributed by atoms with Gasteiger partial charge in [0.25, 0.3) is 0 Å². The summed E-state index contributed by atoms with van der Waals surface area (Å²) in [6.45, 7) is 3.95. The van der Waals surface area contributed by atoms with Gasteiger partial charge in [-0.2, -0.15) is 0 Å². The number of benzene rings is 1. The van der Waals surface area contributed by atoms with Gasteiger partial charge in [-0.3, -0.25) is 4.79 Å². The molecule has 1 aromatic rings. The van der Waals surface area contributed by atoms with Crippen molar-refractivity contribution in [1.29, 1.82) is 0 Å². The summed E-state index contributed by atoms with van der Waals surface area (Å²) in [7, 11) is -3.51. The molecule has 1 aromatic carbocycles. The van der Waals surface area contributed by atoms with Gasteiger partial charge in [-0.1, -0.05) is 24.6 Å². The predicted molar refractivity (Wildman–Crippen MR) is 72.4 cm³/mol. The van der Waals surface area contributed by atoms with Crippen molar-refractivity contribution >= 4 is 16.0 Å². The van der Waals surface area contributed by atoms with E-state index in [1.165, 1.54) is 0 Å². The highest BCUT2D eigenvalue weighted by atomic mass is 32.2. The van der Waals surface area contributed by atoms with Crippen molar-refractivity contribution < 1.29 is 18.3 Å². The van der Waals surface area contributed by atoms with Gasteiger partial charge in [-0.15, -0.1) is 0 Å². The standard InChI is InChI=1S/C13H19NO4S/c1-10-3-6-12(7-4-10)19(17,18)14-9-11(2)5-8-13(15)16/h3-4,6-7,11,14H,5,8-9H2,1-2H3,(H,15,16). The summed E-state index contributed by atoms with van der Waals surface area (Å²) >= 11 is 0. The van der Waals surface area contributed by atoms with Crippen LogP contribution >= 0.6 is 0 Å². The number of carboxylic acid groups (broad SMARTS) is 1. The van der Waals surface area contributed by atoms with Crippen molar-refractivity contribution in [3.8, 4) is 0 Å². The number of aliphatic carboxylic acids is 1. The number of nitrogens with one attached hydrogen (secondary N) is 1. The average Bonchev–Trinajstić information content (AvgIpc) is 2.34. The lowest BCUT2D eigenvalue weighted by molar-refractivity contribution is -0.137. The minimum atomic E-state index is -3.51. The van der Waals surface area contributed by atoms with Crippen molar-refractivity contribution in [1.82, 2.24) is 4.72 Å². The Morgan fingerprint density at radius 1 is 1.32 bits per heavy atom. The summed E-state index contributed by atoms with van der Waals surface area (Å²) in [5, 5.41) is 8.56. The van der Waals surface area contributed by atoms with Gasteiger partial charge in [-0.25, -0.2) is 13.1 Å². The van der Waals surface area contributed by atoms with Gasteiger partial charge < -0.3 is 5.11 Å². The maximum absolute atomic E-state index is 12.0. The third-order valence-electron chi connectivity index (χ3n) is 2.80. The first-order valence-corrected chi connectivity index (χ1v) is 7.57. The fraction of sp³-hybridized carbons (Fsp3) is 0.462. The second-order valence-corrected chi connectivity index (χ2v) is 6.47. The molecule has 19 heavy (non-hydrogen) atoms. The van der Waals surface area contributed by atoms with Gasteiger partial charge in [0, 0.05) is 13.0 Å². The first kappa shape index (κ1) is 15.7. The fourth-order valence-electron chi connectivity index (χ4n) is 1.52. The molecule has 5 nitrogen and oxygen atoms in total. The largest absolute Gasteiger partial charge is 0.481 e. The molecule has 0 saturated carbocycles. The highest BCUT2D eigenvalue weighted by Gasteiger charge is 2.15. The molecule has 0 aliphatic rings. The van der Waals surface area contributed by atoms with Crippen molar-refractivity contribution in [2.75, 3.05) is 6.54 Å². The predicted octanol–water partition coefficient (Wildman–Crippen LogP) is 1.77. The van der Waals surface area contributed by atoms with Crippen LogP contribution in [-0.2, 0) is 14.8 Å². The number of aryl methyl sites for hydroxylation is 1. The number of hydrogen-bond acceptors (Lipinski definition) is 3. The van der Waals surface area contributed by atoms with Crippen LogP contribution in [0.5, 0.6) is 0 Å². The lowest BCUT2D eigenvalue weighted by Gasteiger charge is -2.12. The third kappa shape index (κ3) is 5.40. The quantitative estimate of drug-likeness (QED) is 0.799. The highest BCUT2D eigenvalue weighted by Crippen LogP contribution is 2.11. The molecule has 0 saturated heterocycles. The molecule has 0 bridgehead atoms. The van der Waals surface area contributed by atoms with Crippen LogP contribution in [0.2, 0.25) is 0 Å². The van der Waals surface area contributed by atoms with Crippen LogP contribution in [0.15, 0.2) is 29.2 Å². The smallest absolute Gasteiger partial charge is 0.303 e. The zero-order valence-corrected chi connectivity index (χ0v) is 11.9. The minimum absolute atomic E-state index is 0.0173. The molecule has 0 aromatic heterocycles. The lowest BCUT2D eigenvalue weighted by atomic mass is 10.1. The Morgan fingerprint density at radius 3 is 2.42 bits per heavy atom. The van der Waals surface area contributed by atoms with E-state index in [1.54, 1.807) is 24.3 Å². The average molecular weight is 285 g/mol. The Morgan fingerprint density at radius 2 is 1.89 bits per heavy atom. The molecular formula is C13H19NO4S. The van der Waals surface area contributed by atoms with Crippen LogP contribution < -0.4 is 4.72 Å². The first-order valence-electron chi connectivity index (χ1n) is 6.09. The number of sulfonamides is 1. The Bertz CT molecular complexity index is 522. The van der Waals surface area contributed by atoms with E-state index in [9.17, 15) is 13.2 Å². The highest BCUT2D eigenvalue weighted by molar-refractivity contribution is 7.89. The van der Waals surface area contributed by atoms with Crippen molar-refractivity contribution in [2.45, 2.75) is 31.6 Å². The zero-order valence-electron chi connectivity index (χ0n) is 11.1. The molecule has 1 atom stereocenters. The van der Waals surface area contributed by atoms with Crippen LogP contribution in [0.25, 0.3) is 0 Å².